The molecule has 1 aromatic rings. The highest BCUT2D eigenvalue weighted by atomic mass is 79.9. The van der Waals surface area contributed by atoms with E-state index in [4.69, 9.17) is 16.7 Å². The predicted octanol–water partition coefficient (Wildman–Crippen LogP) is 3.06. The Labute approximate surface area is 93.0 Å². The molecule has 0 aromatic carbocycles. The van der Waals surface area contributed by atoms with E-state index in [0.717, 1.165) is 6.20 Å². The number of halogens is 4. The Bertz CT molecular complexity index is 335. The maximum Gasteiger partial charge on any atom is 0.265 e. The predicted molar refractivity (Wildman–Crippen MR) is 52.8 cm³/mol. The number of hydrogen-bond acceptors (Lipinski definition) is 2. The van der Waals surface area contributed by atoms with Crippen molar-refractivity contribution in [3.63, 3.8) is 0 Å². The van der Waals surface area contributed by atoms with Crippen LogP contribution in [0.4, 0.5) is 8.78 Å². The van der Waals surface area contributed by atoms with Crippen LogP contribution in [0.15, 0.2) is 6.20 Å². The van der Waals surface area contributed by atoms with E-state index in [2.05, 4.69) is 20.9 Å². The molecule has 0 aliphatic carbocycles. The molecule has 1 aromatic heterocycles. The number of hydrogen-bond donors (Lipinski definition) is 1. The van der Waals surface area contributed by atoms with Crippen LogP contribution in [0.25, 0.3) is 0 Å². The first-order valence-corrected chi connectivity index (χ1v) is 5.22. The monoisotopic (exact) mass is 285 g/mol. The molecule has 0 unspecified atom stereocenters. The normalized spacial score (nSPS) is 11.0. The average molecular weight is 287 g/mol. The summed E-state index contributed by atoms with van der Waals surface area (Å²) in [7, 11) is 0. The van der Waals surface area contributed by atoms with Crippen molar-refractivity contribution >= 4 is 27.5 Å². The second-order valence-electron chi connectivity index (χ2n) is 2.55. The van der Waals surface area contributed by atoms with Crippen LogP contribution >= 0.6 is 27.5 Å². The number of nitrogens with zero attached hydrogens (tertiary/aromatic N) is 1. The molecule has 78 valence electrons. The van der Waals surface area contributed by atoms with Crippen LogP contribution in [-0.2, 0) is 11.9 Å². The largest absolute Gasteiger partial charge is 0.390 e. The van der Waals surface area contributed by atoms with Gasteiger partial charge >= 0.3 is 0 Å². The number of alkyl halides is 3. The smallest absolute Gasteiger partial charge is 0.265 e. The molecular weight excluding hydrogens is 279 g/mol. The minimum absolute atomic E-state index is 0.0992. The Hall–Kier alpha value is -0.260. The van der Waals surface area contributed by atoms with E-state index in [-0.39, 0.29) is 33.8 Å². The van der Waals surface area contributed by atoms with Gasteiger partial charge < -0.3 is 5.11 Å². The number of aliphatic hydroxyl groups is 1. The van der Waals surface area contributed by atoms with Crippen molar-refractivity contribution in [2.75, 3.05) is 0 Å². The van der Waals surface area contributed by atoms with E-state index < -0.39 is 6.43 Å². The minimum Gasteiger partial charge on any atom is -0.390 e. The van der Waals surface area contributed by atoms with Crippen molar-refractivity contribution in [3.8, 4) is 0 Å². The van der Waals surface area contributed by atoms with Gasteiger partial charge in [0.2, 0.25) is 0 Å². The molecule has 1 rings (SSSR count). The summed E-state index contributed by atoms with van der Waals surface area (Å²) >= 11 is 8.84. The van der Waals surface area contributed by atoms with Gasteiger partial charge in [0, 0.05) is 17.1 Å². The highest BCUT2D eigenvalue weighted by Crippen LogP contribution is 2.31. The van der Waals surface area contributed by atoms with Crippen molar-refractivity contribution in [2.24, 2.45) is 0 Å². The molecule has 0 fully saturated rings. The minimum atomic E-state index is -2.61. The Balaban J connectivity index is 3.28. The Morgan fingerprint density at radius 3 is 2.64 bits per heavy atom. The number of rotatable bonds is 3. The van der Waals surface area contributed by atoms with Gasteiger partial charge in [-0.15, -0.1) is 0 Å². The van der Waals surface area contributed by atoms with Gasteiger partial charge in [0.1, 0.15) is 0 Å². The zero-order valence-electron chi connectivity index (χ0n) is 6.98. The molecule has 1 N–H and O–H groups in total. The lowest BCUT2D eigenvalue weighted by molar-refractivity contribution is 0.150. The Morgan fingerprint density at radius 1 is 1.57 bits per heavy atom. The van der Waals surface area contributed by atoms with Gasteiger partial charge in [-0.25, -0.2) is 8.78 Å². The van der Waals surface area contributed by atoms with Crippen molar-refractivity contribution in [1.82, 2.24) is 4.98 Å². The molecule has 0 atom stereocenters. The van der Waals surface area contributed by atoms with E-state index in [1.165, 1.54) is 0 Å². The molecule has 0 aliphatic rings. The molecule has 0 saturated heterocycles. The lowest BCUT2D eigenvalue weighted by Crippen LogP contribution is -2.00. The molecule has 0 radical (unpaired) electrons. The molecule has 2 nitrogen and oxygen atoms in total. The van der Waals surface area contributed by atoms with Gasteiger partial charge in [0.05, 0.1) is 17.3 Å². The van der Waals surface area contributed by atoms with Crippen LogP contribution in [0.3, 0.4) is 0 Å². The molecular formula is C8H7BrClF2NO. The standard InChI is InChI=1S/C8H7BrClF2NO/c9-1-4-5(8(11)12)2-13-6(3-14)7(4)10/h2,8,14H,1,3H2. The first kappa shape index (κ1) is 11.8. The van der Waals surface area contributed by atoms with Gasteiger partial charge in [-0.1, -0.05) is 27.5 Å². The third-order valence-electron chi connectivity index (χ3n) is 1.74. The average Bonchev–Trinajstić information content (AvgIpc) is 2.17. The van der Waals surface area contributed by atoms with Gasteiger partial charge in [0.15, 0.2) is 0 Å². The summed E-state index contributed by atoms with van der Waals surface area (Å²) in [5.74, 6) is 0. The lowest BCUT2D eigenvalue weighted by atomic mass is 10.1. The summed E-state index contributed by atoms with van der Waals surface area (Å²) in [5.41, 5.74) is 0.287. The summed E-state index contributed by atoms with van der Waals surface area (Å²) < 4.78 is 24.9. The summed E-state index contributed by atoms with van der Waals surface area (Å²) in [4.78, 5) is 3.64. The maximum absolute atomic E-state index is 12.4. The fraction of sp³-hybridized carbons (Fsp3) is 0.375. The van der Waals surface area contributed by atoms with E-state index in [1.807, 2.05) is 0 Å². The zero-order valence-corrected chi connectivity index (χ0v) is 9.32. The zero-order chi connectivity index (χ0) is 10.7. The number of aliphatic hydroxyl groups excluding tert-OH is 1. The van der Waals surface area contributed by atoms with E-state index in [0.29, 0.717) is 0 Å². The molecule has 0 aliphatic heterocycles. The first-order chi connectivity index (χ1) is 6.61. The number of pyridine rings is 1. The van der Waals surface area contributed by atoms with Crippen molar-refractivity contribution < 1.29 is 13.9 Å². The maximum atomic E-state index is 12.4. The van der Waals surface area contributed by atoms with Gasteiger partial charge in [-0.2, -0.15) is 0 Å². The fourth-order valence-corrected chi connectivity index (χ4v) is 2.07. The van der Waals surface area contributed by atoms with Crippen molar-refractivity contribution in [1.29, 1.82) is 0 Å². The molecule has 1 heterocycles. The van der Waals surface area contributed by atoms with Crippen molar-refractivity contribution in [2.45, 2.75) is 18.4 Å². The molecule has 0 saturated carbocycles. The topological polar surface area (TPSA) is 33.1 Å². The second kappa shape index (κ2) is 5.00. The second-order valence-corrected chi connectivity index (χ2v) is 3.48. The SMILES string of the molecule is OCc1ncc(C(F)F)c(CBr)c1Cl. The Kier molecular flexibility index (Phi) is 4.22. The summed E-state index contributed by atoms with van der Waals surface area (Å²) in [5, 5.41) is 9.13. The third-order valence-corrected chi connectivity index (χ3v) is 2.75. The van der Waals surface area contributed by atoms with Crippen molar-refractivity contribution in [3.05, 3.63) is 28.0 Å². The number of aromatic nitrogens is 1. The summed E-state index contributed by atoms with van der Waals surface area (Å²) in [6.45, 7) is -0.359. The summed E-state index contributed by atoms with van der Waals surface area (Å²) in [6.07, 6.45) is -1.57. The fourth-order valence-electron chi connectivity index (χ4n) is 1.02. The molecule has 0 amide bonds. The van der Waals surface area contributed by atoms with Gasteiger partial charge in [0.25, 0.3) is 6.43 Å². The third kappa shape index (κ3) is 2.21. The van der Waals surface area contributed by atoms with Crippen LogP contribution in [-0.4, -0.2) is 10.1 Å². The van der Waals surface area contributed by atoms with E-state index >= 15 is 0 Å². The quantitative estimate of drug-likeness (QED) is 0.866. The van der Waals surface area contributed by atoms with E-state index in [1.54, 1.807) is 0 Å². The molecule has 0 spiro atoms. The van der Waals surface area contributed by atoms with Gasteiger partial charge in [-0.3, -0.25) is 4.98 Å². The highest BCUT2D eigenvalue weighted by molar-refractivity contribution is 9.08. The van der Waals surface area contributed by atoms with E-state index in [9.17, 15) is 8.78 Å². The van der Waals surface area contributed by atoms with Crippen LogP contribution in [0.5, 0.6) is 0 Å². The first-order valence-electron chi connectivity index (χ1n) is 3.73. The highest BCUT2D eigenvalue weighted by Gasteiger charge is 2.17. The van der Waals surface area contributed by atoms with Crippen LogP contribution in [0.2, 0.25) is 5.02 Å². The Morgan fingerprint density at radius 2 is 2.21 bits per heavy atom. The van der Waals surface area contributed by atoms with Crippen LogP contribution in [0.1, 0.15) is 23.2 Å². The van der Waals surface area contributed by atoms with Gasteiger partial charge in [-0.05, 0) is 5.56 Å². The van der Waals surface area contributed by atoms with Crippen LogP contribution < -0.4 is 0 Å². The molecule has 6 heteroatoms. The lowest BCUT2D eigenvalue weighted by Gasteiger charge is -2.10. The molecule has 0 bridgehead atoms. The molecule has 14 heavy (non-hydrogen) atoms. The van der Waals surface area contributed by atoms with Crippen LogP contribution in [0, 0.1) is 0 Å². The summed E-state index contributed by atoms with van der Waals surface area (Å²) in [6, 6.07) is 0.